The van der Waals surface area contributed by atoms with Crippen LogP contribution < -0.4 is 14.8 Å². The van der Waals surface area contributed by atoms with Crippen molar-refractivity contribution in [3.63, 3.8) is 0 Å². The quantitative estimate of drug-likeness (QED) is 0.914. The first-order valence-electron chi connectivity index (χ1n) is 8.00. The number of hydrogen-bond acceptors (Lipinski definition) is 3. The van der Waals surface area contributed by atoms with Gasteiger partial charge in [0.25, 0.3) is 0 Å². The molecule has 126 valence electrons. The van der Waals surface area contributed by atoms with Gasteiger partial charge in [0.05, 0.1) is 6.61 Å². The van der Waals surface area contributed by atoms with Crippen molar-refractivity contribution in [2.45, 2.75) is 25.4 Å². The van der Waals surface area contributed by atoms with Crippen LogP contribution in [0.4, 0.5) is 4.39 Å². The van der Waals surface area contributed by atoms with E-state index in [2.05, 4.69) is 5.32 Å². The van der Waals surface area contributed by atoms with Crippen molar-refractivity contribution in [2.75, 3.05) is 13.7 Å². The van der Waals surface area contributed by atoms with Gasteiger partial charge < -0.3 is 14.8 Å². The second-order valence-corrected chi connectivity index (χ2v) is 5.83. The molecule has 0 aliphatic carbocycles. The van der Waals surface area contributed by atoms with E-state index >= 15 is 0 Å². The molecule has 1 heterocycles. The molecule has 0 radical (unpaired) electrons. The summed E-state index contributed by atoms with van der Waals surface area (Å²) in [5.41, 5.74) is 1.80. The van der Waals surface area contributed by atoms with E-state index in [-0.39, 0.29) is 24.2 Å². The molecule has 2 aromatic rings. The highest BCUT2D eigenvalue weighted by Gasteiger charge is 2.24. The van der Waals surface area contributed by atoms with E-state index in [0.717, 1.165) is 23.3 Å². The lowest BCUT2D eigenvalue weighted by Gasteiger charge is -2.26. The van der Waals surface area contributed by atoms with Gasteiger partial charge in [0.1, 0.15) is 23.9 Å². The van der Waals surface area contributed by atoms with Crippen LogP contribution >= 0.6 is 0 Å². The van der Waals surface area contributed by atoms with E-state index in [1.165, 1.54) is 12.1 Å². The number of ether oxygens (including phenoxy) is 2. The smallest absolute Gasteiger partial charge is 0.220 e. The molecule has 1 amide bonds. The fourth-order valence-electron chi connectivity index (χ4n) is 2.86. The zero-order valence-corrected chi connectivity index (χ0v) is 13.5. The fraction of sp³-hybridized carbons (Fsp3) is 0.316. The summed E-state index contributed by atoms with van der Waals surface area (Å²) < 4.78 is 24.6. The van der Waals surface area contributed by atoms with Gasteiger partial charge in [-0.25, -0.2) is 4.39 Å². The first-order valence-corrected chi connectivity index (χ1v) is 8.00. The van der Waals surface area contributed by atoms with Gasteiger partial charge in [-0.2, -0.15) is 0 Å². The van der Waals surface area contributed by atoms with Gasteiger partial charge in [-0.1, -0.05) is 18.2 Å². The Hall–Kier alpha value is -2.56. The van der Waals surface area contributed by atoms with E-state index in [0.29, 0.717) is 18.8 Å². The molecular formula is C19H20FNO3. The fourth-order valence-corrected chi connectivity index (χ4v) is 2.86. The molecule has 0 bridgehead atoms. The number of halogens is 1. The van der Waals surface area contributed by atoms with Crippen LogP contribution in [0.5, 0.6) is 11.5 Å². The first-order chi connectivity index (χ1) is 11.7. The monoisotopic (exact) mass is 329 g/mol. The topological polar surface area (TPSA) is 47.6 Å². The Bertz CT molecular complexity index is 732. The van der Waals surface area contributed by atoms with Crippen molar-refractivity contribution >= 4 is 5.91 Å². The number of carbonyl (C=O) groups excluding carboxylic acids is 1. The molecule has 24 heavy (non-hydrogen) atoms. The third-order valence-corrected chi connectivity index (χ3v) is 4.15. The Morgan fingerprint density at radius 2 is 2.21 bits per heavy atom. The normalized spacial score (nSPS) is 16.0. The Balaban J connectivity index is 1.70. The minimum atomic E-state index is -0.276. The highest BCUT2D eigenvalue weighted by molar-refractivity contribution is 5.76. The van der Waals surface area contributed by atoms with Gasteiger partial charge in [0.2, 0.25) is 5.91 Å². The third-order valence-electron chi connectivity index (χ3n) is 4.15. The standard InChI is InChI=1S/C19H20FNO3/c1-21-19(22)10-14-7-8-23-18-11-16(5-6-17(14)18)24-12-13-3-2-4-15(20)9-13/h2-6,9,11,14H,7-8,10,12H2,1H3,(H,21,22). The van der Waals surface area contributed by atoms with Gasteiger partial charge in [-0.3, -0.25) is 4.79 Å². The minimum absolute atomic E-state index is 0.0271. The van der Waals surface area contributed by atoms with Gasteiger partial charge in [-0.15, -0.1) is 0 Å². The Labute approximate surface area is 140 Å². The molecule has 1 atom stereocenters. The highest BCUT2D eigenvalue weighted by atomic mass is 19.1. The number of hydrogen-bond donors (Lipinski definition) is 1. The van der Waals surface area contributed by atoms with Crippen molar-refractivity contribution in [3.05, 3.63) is 59.4 Å². The van der Waals surface area contributed by atoms with Crippen molar-refractivity contribution in [1.82, 2.24) is 5.32 Å². The summed E-state index contributed by atoms with van der Waals surface area (Å²) in [5.74, 6) is 1.33. The maximum absolute atomic E-state index is 13.2. The maximum atomic E-state index is 13.2. The summed E-state index contributed by atoms with van der Waals surface area (Å²) >= 11 is 0. The number of amides is 1. The summed E-state index contributed by atoms with van der Waals surface area (Å²) in [4.78, 5) is 11.6. The molecular weight excluding hydrogens is 309 g/mol. The van der Waals surface area contributed by atoms with Gasteiger partial charge >= 0.3 is 0 Å². The van der Waals surface area contributed by atoms with Crippen LogP contribution in [0.15, 0.2) is 42.5 Å². The molecule has 0 spiro atoms. The van der Waals surface area contributed by atoms with E-state index < -0.39 is 0 Å². The average molecular weight is 329 g/mol. The van der Waals surface area contributed by atoms with Crippen LogP contribution in [0.25, 0.3) is 0 Å². The van der Waals surface area contributed by atoms with Crippen molar-refractivity contribution < 1.29 is 18.7 Å². The van der Waals surface area contributed by atoms with Gasteiger partial charge in [0.15, 0.2) is 0 Å². The predicted octanol–water partition coefficient (Wildman–Crippen LogP) is 3.41. The van der Waals surface area contributed by atoms with Crippen LogP contribution in [0.3, 0.4) is 0 Å². The van der Waals surface area contributed by atoms with Crippen LogP contribution in [0.1, 0.15) is 29.9 Å². The summed E-state index contributed by atoms with van der Waals surface area (Å²) in [5, 5.41) is 2.66. The van der Waals surface area contributed by atoms with Gasteiger partial charge in [-0.05, 0) is 41.7 Å². The summed E-state index contributed by atoms with van der Waals surface area (Å²) in [7, 11) is 1.64. The Morgan fingerprint density at radius 3 is 3.00 bits per heavy atom. The average Bonchev–Trinajstić information content (AvgIpc) is 2.60. The molecule has 4 nitrogen and oxygen atoms in total. The van der Waals surface area contributed by atoms with E-state index in [1.807, 2.05) is 24.3 Å². The molecule has 0 aromatic heterocycles. The molecule has 3 rings (SSSR count). The Kier molecular flexibility index (Phi) is 4.99. The summed E-state index contributed by atoms with van der Waals surface area (Å²) in [6.07, 6.45) is 1.28. The number of rotatable bonds is 5. The van der Waals surface area contributed by atoms with Crippen molar-refractivity contribution in [3.8, 4) is 11.5 Å². The Morgan fingerprint density at radius 1 is 1.33 bits per heavy atom. The van der Waals surface area contributed by atoms with E-state index in [1.54, 1.807) is 13.1 Å². The lowest BCUT2D eigenvalue weighted by molar-refractivity contribution is -0.121. The van der Waals surface area contributed by atoms with Crippen LogP contribution in [-0.2, 0) is 11.4 Å². The van der Waals surface area contributed by atoms with E-state index in [9.17, 15) is 9.18 Å². The molecule has 1 unspecified atom stereocenters. The molecule has 0 fully saturated rings. The number of nitrogens with one attached hydrogen (secondary N) is 1. The second-order valence-electron chi connectivity index (χ2n) is 5.83. The lowest BCUT2D eigenvalue weighted by atomic mass is 9.90. The molecule has 1 aliphatic rings. The number of carbonyl (C=O) groups is 1. The zero-order valence-electron chi connectivity index (χ0n) is 13.5. The molecule has 0 saturated heterocycles. The van der Waals surface area contributed by atoms with Crippen LogP contribution in [0, 0.1) is 5.82 Å². The van der Waals surface area contributed by atoms with Crippen molar-refractivity contribution in [1.29, 1.82) is 0 Å². The third kappa shape index (κ3) is 3.85. The molecule has 2 aromatic carbocycles. The van der Waals surface area contributed by atoms with E-state index in [4.69, 9.17) is 9.47 Å². The lowest BCUT2D eigenvalue weighted by Crippen LogP contribution is -2.23. The predicted molar refractivity (Wildman–Crippen MR) is 88.7 cm³/mol. The summed E-state index contributed by atoms with van der Waals surface area (Å²) in [6.45, 7) is 0.875. The number of benzene rings is 2. The summed E-state index contributed by atoms with van der Waals surface area (Å²) in [6, 6.07) is 12.0. The highest BCUT2D eigenvalue weighted by Crippen LogP contribution is 2.38. The first kappa shape index (κ1) is 16.3. The molecule has 5 heteroatoms. The number of fused-ring (bicyclic) bond motifs is 1. The van der Waals surface area contributed by atoms with Crippen LogP contribution in [-0.4, -0.2) is 19.6 Å². The molecule has 0 saturated carbocycles. The van der Waals surface area contributed by atoms with Crippen molar-refractivity contribution in [2.24, 2.45) is 0 Å². The van der Waals surface area contributed by atoms with Gasteiger partial charge in [0, 0.05) is 19.5 Å². The molecule has 1 aliphatic heterocycles. The maximum Gasteiger partial charge on any atom is 0.220 e. The second kappa shape index (κ2) is 7.34. The minimum Gasteiger partial charge on any atom is -0.493 e. The van der Waals surface area contributed by atoms with Crippen LogP contribution in [0.2, 0.25) is 0 Å². The molecule has 1 N–H and O–H groups in total. The largest absolute Gasteiger partial charge is 0.493 e. The SMILES string of the molecule is CNC(=O)CC1CCOc2cc(OCc3cccc(F)c3)ccc21. The zero-order chi connectivity index (χ0) is 16.9.